The van der Waals surface area contributed by atoms with Crippen LogP contribution in [0.2, 0.25) is 0 Å². The summed E-state index contributed by atoms with van der Waals surface area (Å²) in [6, 6.07) is 0. The first-order valence-electron chi connectivity index (χ1n) is 2.82. The zero-order valence-electron chi connectivity index (χ0n) is 4.93. The fourth-order valence-corrected chi connectivity index (χ4v) is 0.901. The van der Waals surface area contributed by atoms with Crippen molar-refractivity contribution >= 4 is 0 Å². The SMILES string of the molecule is C=CC1CC1C(=C)N. The molecule has 1 rings (SSSR count). The Bertz CT molecular complexity index is 126. The van der Waals surface area contributed by atoms with Gasteiger partial charge in [-0.1, -0.05) is 12.7 Å². The molecular formula is C7H11N. The zero-order chi connectivity index (χ0) is 6.15. The van der Waals surface area contributed by atoms with Gasteiger partial charge in [-0.2, -0.15) is 0 Å². The molecular weight excluding hydrogens is 98.1 g/mol. The van der Waals surface area contributed by atoms with Crippen molar-refractivity contribution in [1.29, 1.82) is 0 Å². The lowest BCUT2D eigenvalue weighted by atomic mass is 10.3. The van der Waals surface area contributed by atoms with Crippen molar-refractivity contribution in [1.82, 2.24) is 0 Å². The average Bonchev–Trinajstić information content (AvgIpc) is 2.42. The number of allylic oxidation sites excluding steroid dienone is 2. The van der Waals surface area contributed by atoms with Crippen molar-refractivity contribution in [2.75, 3.05) is 0 Å². The third kappa shape index (κ3) is 0.760. The average molecular weight is 109 g/mol. The van der Waals surface area contributed by atoms with Crippen LogP contribution in [0.1, 0.15) is 6.42 Å². The van der Waals surface area contributed by atoms with Crippen LogP contribution in [0.4, 0.5) is 0 Å². The summed E-state index contributed by atoms with van der Waals surface area (Å²) in [5, 5.41) is 0. The highest BCUT2D eigenvalue weighted by Crippen LogP contribution is 2.42. The fraction of sp³-hybridized carbons (Fsp3) is 0.429. The van der Waals surface area contributed by atoms with Crippen LogP contribution in [-0.4, -0.2) is 0 Å². The summed E-state index contributed by atoms with van der Waals surface area (Å²) in [4.78, 5) is 0. The van der Waals surface area contributed by atoms with Crippen LogP contribution in [0.25, 0.3) is 0 Å². The van der Waals surface area contributed by atoms with E-state index in [0.717, 1.165) is 5.70 Å². The zero-order valence-corrected chi connectivity index (χ0v) is 4.93. The number of nitrogens with two attached hydrogens (primary N) is 1. The molecule has 1 aliphatic rings. The van der Waals surface area contributed by atoms with Gasteiger partial charge in [-0.3, -0.25) is 0 Å². The van der Waals surface area contributed by atoms with Crippen LogP contribution in [0.5, 0.6) is 0 Å². The van der Waals surface area contributed by atoms with Crippen LogP contribution in [-0.2, 0) is 0 Å². The van der Waals surface area contributed by atoms with Gasteiger partial charge < -0.3 is 5.73 Å². The standard InChI is InChI=1S/C7H11N/c1-3-6-4-7(6)5(2)8/h3,6-7H,1-2,4,8H2. The molecule has 1 aliphatic carbocycles. The van der Waals surface area contributed by atoms with Crippen molar-refractivity contribution in [2.24, 2.45) is 17.6 Å². The Labute approximate surface area is 49.9 Å². The normalized spacial score (nSPS) is 34.0. The van der Waals surface area contributed by atoms with E-state index in [1.165, 1.54) is 6.42 Å². The highest BCUT2D eigenvalue weighted by molar-refractivity contribution is 5.12. The smallest absolute Gasteiger partial charge is 0.00471 e. The van der Waals surface area contributed by atoms with Gasteiger partial charge in [0.1, 0.15) is 0 Å². The maximum atomic E-state index is 5.42. The van der Waals surface area contributed by atoms with E-state index in [-0.39, 0.29) is 0 Å². The van der Waals surface area contributed by atoms with Crippen molar-refractivity contribution in [2.45, 2.75) is 6.42 Å². The second-order valence-electron chi connectivity index (χ2n) is 2.32. The Morgan fingerprint density at radius 2 is 2.38 bits per heavy atom. The Kier molecular flexibility index (Phi) is 1.12. The Hall–Kier alpha value is -0.720. The molecule has 44 valence electrons. The molecule has 0 aliphatic heterocycles. The molecule has 0 amide bonds. The lowest BCUT2D eigenvalue weighted by Crippen LogP contribution is -1.97. The van der Waals surface area contributed by atoms with E-state index in [9.17, 15) is 0 Å². The van der Waals surface area contributed by atoms with Crippen LogP contribution in [0, 0.1) is 11.8 Å². The lowest BCUT2D eigenvalue weighted by molar-refractivity contribution is 0.914. The topological polar surface area (TPSA) is 26.0 Å². The van der Waals surface area contributed by atoms with Crippen LogP contribution in [0.15, 0.2) is 24.9 Å². The molecule has 2 atom stereocenters. The molecule has 0 aromatic carbocycles. The van der Waals surface area contributed by atoms with E-state index in [4.69, 9.17) is 5.73 Å². The van der Waals surface area contributed by atoms with Crippen LogP contribution >= 0.6 is 0 Å². The third-order valence-corrected chi connectivity index (χ3v) is 1.62. The summed E-state index contributed by atoms with van der Waals surface area (Å²) >= 11 is 0. The quantitative estimate of drug-likeness (QED) is 0.531. The van der Waals surface area contributed by atoms with E-state index < -0.39 is 0 Å². The van der Waals surface area contributed by atoms with E-state index in [1.54, 1.807) is 0 Å². The largest absolute Gasteiger partial charge is 0.402 e. The number of hydrogen-bond acceptors (Lipinski definition) is 1. The fourth-order valence-electron chi connectivity index (χ4n) is 0.901. The first kappa shape index (κ1) is 5.42. The predicted octanol–water partition coefficient (Wildman–Crippen LogP) is 1.28. The minimum absolute atomic E-state index is 0.549. The van der Waals surface area contributed by atoms with Crippen LogP contribution < -0.4 is 5.73 Å². The maximum absolute atomic E-state index is 5.42. The van der Waals surface area contributed by atoms with Crippen molar-refractivity contribution < 1.29 is 0 Å². The second kappa shape index (κ2) is 1.66. The molecule has 1 fully saturated rings. The molecule has 0 radical (unpaired) electrons. The summed E-state index contributed by atoms with van der Waals surface area (Å²) in [5.74, 6) is 1.18. The Morgan fingerprint density at radius 3 is 2.50 bits per heavy atom. The van der Waals surface area contributed by atoms with Gasteiger partial charge in [-0.05, 0) is 12.3 Å². The highest BCUT2D eigenvalue weighted by Gasteiger charge is 2.35. The van der Waals surface area contributed by atoms with Crippen molar-refractivity contribution in [3.8, 4) is 0 Å². The molecule has 0 bridgehead atoms. The molecule has 0 aromatic rings. The Balaban J connectivity index is 2.36. The van der Waals surface area contributed by atoms with Crippen LogP contribution in [0.3, 0.4) is 0 Å². The lowest BCUT2D eigenvalue weighted by Gasteiger charge is -1.89. The monoisotopic (exact) mass is 109 g/mol. The molecule has 1 saturated carbocycles. The van der Waals surface area contributed by atoms with E-state index in [2.05, 4.69) is 13.2 Å². The van der Waals surface area contributed by atoms with Gasteiger partial charge in [-0.25, -0.2) is 0 Å². The minimum Gasteiger partial charge on any atom is -0.402 e. The summed E-state index contributed by atoms with van der Waals surface area (Å²) in [5.41, 5.74) is 6.24. The first-order valence-corrected chi connectivity index (χ1v) is 2.82. The molecule has 0 spiro atoms. The maximum Gasteiger partial charge on any atom is 0.00471 e. The van der Waals surface area contributed by atoms with Gasteiger partial charge in [0.25, 0.3) is 0 Å². The van der Waals surface area contributed by atoms with Gasteiger partial charge in [0, 0.05) is 11.6 Å². The molecule has 0 heterocycles. The summed E-state index contributed by atoms with van der Waals surface area (Å²) in [6.07, 6.45) is 3.11. The summed E-state index contributed by atoms with van der Waals surface area (Å²) in [6.45, 7) is 7.30. The number of rotatable bonds is 2. The molecule has 8 heavy (non-hydrogen) atoms. The summed E-state index contributed by atoms with van der Waals surface area (Å²) < 4.78 is 0. The summed E-state index contributed by atoms with van der Waals surface area (Å²) in [7, 11) is 0. The van der Waals surface area contributed by atoms with Crippen molar-refractivity contribution in [3.05, 3.63) is 24.9 Å². The highest BCUT2D eigenvalue weighted by atomic mass is 14.6. The molecule has 2 unspecified atom stereocenters. The predicted molar refractivity (Wildman–Crippen MR) is 35.1 cm³/mol. The van der Waals surface area contributed by atoms with E-state index in [1.807, 2.05) is 6.08 Å². The van der Waals surface area contributed by atoms with Gasteiger partial charge >= 0.3 is 0 Å². The van der Waals surface area contributed by atoms with Gasteiger partial charge in [0.2, 0.25) is 0 Å². The molecule has 0 saturated heterocycles. The molecule has 2 N–H and O–H groups in total. The van der Waals surface area contributed by atoms with Gasteiger partial charge in [-0.15, -0.1) is 6.58 Å². The minimum atomic E-state index is 0.549. The van der Waals surface area contributed by atoms with Gasteiger partial charge in [0.15, 0.2) is 0 Å². The molecule has 0 aromatic heterocycles. The number of hydrogen-bond donors (Lipinski definition) is 1. The third-order valence-electron chi connectivity index (χ3n) is 1.62. The van der Waals surface area contributed by atoms with Crippen molar-refractivity contribution in [3.63, 3.8) is 0 Å². The molecule has 1 nitrogen and oxygen atoms in total. The first-order chi connectivity index (χ1) is 3.75. The molecule has 1 heteroatoms. The van der Waals surface area contributed by atoms with E-state index >= 15 is 0 Å². The van der Waals surface area contributed by atoms with Gasteiger partial charge in [0.05, 0.1) is 0 Å². The van der Waals surface area contributed by atoms with E-state index in [0.29, 0.717) is 11.8 Å². The Morgan fingerprint density at radius 1 is 1.75 bits per heavy atom. The second-order valence-corrected chi connectivity index (χ2v) is 2.32.